The maximum atomic E-state index is 4.23. The molecule has 0 radical (unpaired) electrons. The second kappa shape index (κ2) is 6.81. The standard InChI is InChI=1S/C15H18N6/c1-2-5-12(6-3-1)15-13(19-21-20-15)11-16-8-4-7-14-17-9-10-18-14/h1-3,5-6,9-10,16H,4,7-8,11H2,(H,17,18)(H,19,20,21). The second-order valence-corrected chi connectivity index (χ2v) is 4.80. The lowest BCUT2D eigenvalue weighted by atomic mass is 10.1. The van der Waals surface area contributed by atoms with Crippen LogP contribution in [0.2, 0.25) is 0 Å². The molecular weight excluding hydrogens is 264 g/mol. The Morgan fingerprint density at radius 2 is 2.00 bits per heavy atom. The van der Waals surface area contributed by atoms with Crippen molar-refractivity contribution in [2.24, 2.45) is 0 Å². The first kappa shape index (κ1) is 13.5. The third kappa shape index (κ3) is 3.55. The Kier molecular flexibility index (Phi) is 4.38. The molecule has 2 heterocycles. The fourth-order valence-corrected chi connectivity index (χ4v) is 2.23. The molecule has 0 atom stereocenters. The summed E-state index contributed by atoms with van der Waals surface area (Å²) in [4.78, 5) is 7.31. The first-order valence-corrected chi connectivity index (χ1v) is 7.07. The molecule has 3 aromatic rings. The van der Waals surface area contributed by atoms with Crippen molar-refractivity contribution in [3.05, 3.63) is 54.2 Å². The van der Waals surface area contributed by atoms with Gasteiger partial charge < -0.3 is 10.3 Å². The molecule has 0 aliphatic heterocycles. The van der Waals surface area contributed by atoms with Gasteiger partial charge in [-0.25, -0.2) is 4.98 Å². The maximum absolute atomic E-state index is 4.23. The zero-order valence-electron chi connectivity index (χ0n) is 11.7. The molecule has 0 bridgehead atoms. The Morgan fingerprint density at radius 3 is 2.81 bits per heavy atom. The number of imidazole rings is 1. The van der Waals surface area contributed by atoms with Gasteiger partial charge in [0.15, 0.2) is 0 Å². The van der Waals surface area contributed by atoms with Crippen LogP contribution >= 0.6 is 0 Å². The van der Waals surface area contributed by atoms with Crippen LogP contribution in [-0.2, 0) is 13.0 Å². The molecule has 6 nitrogen and oxygen atoms in total. The summed E-state index contributed by atoms with van der Waals surface area (Å²) in [5.41, 5.74) is 2.94. The highest BCUT2D eigenvalue weighted by Gasteiger charge is 2.09. The number of aromatic amines is 2. The van der Waals surface area contributed by atoms with Crippen molar-refractivity contribution in [3.8, 4) is 11.3 Å². The molecular formula is C15H18N6. The molecule has 3 rings (SSSR count). The van der Waals surface area contributed by atoms with Crippen molar-refractivity contribution < 1.29 is 0 Å². The molecule has 1 aromatic carbocycles. The zero-order valence-corrected chi connectivity index (χ0v) is 11.7. The van der Waals surface area contributed by atoms with Gasteiger partial charge in [-0.15, -0.1) is 0 Å². The smallest absolute Gasteiger partial charge is 0.117 e. The lowest BCUT2D eigenvalue weighted by Gasteiger charge is -2.03. The number of nitrogens with zero attached hydrogens (tertiary/aromatic N) is 3. The monoisotopic (exact) mass is 282 g/mol. The van der Waals surface area contributed by atoms with Crippen molar-refractivity contribution in [1.29, 1.82) is 0 Å². The van der Waals surface area contributed by atoms with E-state index in [4.69, 9.17) is 0 Å². The molecule has 0 saturated carbocycles. The van der Waals surface area contributed by atoms with Crippen LogP contribution in [0, 0.1) is 0 Å². The predicted octanol–water partition coefficient (Wildman–Crippen LogP) is 1.92. The Hall–Kier alpha value is -2.47. The number of nitrogens with one attached hydrogen (secondary N) is 3. The van der Waals surface area contributed by atoms with Crippen LogP contribution in [0.25, 0.3) is 11.3 Å². The fourth-order valence-electron chi connectivity index (χ4n) is 2.23. The first-order chi connectivity index (χ1) is 10.4. The molecule has 0 saturated heterocycles. The van der Waals surface area contributed by atoms with Gasteiger partial charge in [0.2, 0.25) is 0 Å². The zero-order chi connectivity index (χ0) is 14.3. The minimum Gasteiger partial charge on any atom is -0.349 e. The first-order valence-electron chi connectivity index (χ1n) is 7.07. The summed E-state index contributed by atoms with van der Waals surface area (Å²) in [6, 6.07) is 10.1. The van der Waals surface area contributed by atoms with Gasteiger partial charge >= 0.3 is 0 Å². The molecule has 0 fully saturated rings. The summed E-state index contributed by atoms with van der Waals surface area (Å²) < 4.78 is 0. The molecule has 21 heavy (non-hydrogen) atoms. The number of benzene rings is 1. The SMILES string of the molecule is c1ccc(-c2n[nH]nc2CNCCCc2ncc[nH]2)cc1. The largest absolute Gasteiger partial charge is 0.349 e. The quantitative estimate of drug-likeness (QED) is 0.578. The van der Waals surface area contributed by atoms with Crippen molar-refractivity contribution in [1.82, 2.24) is 30.7 Å². The van der Waals surface area contributed by atoms with Crippen LogP contribution in [-0.4, -0.2) is 31.9 Å². The number of aryl methyl sites for hydroxylation is 1. The van der Waals surface area contributed by atoms with Crippen LogP contribution < -0.4 is 5.32 Å². The van der Waals surface area contributed by atoms with Gasteiger partial charge in [0.1, 0.15) is 17.2 Å². The molecule has 108 valence electrons. The molecule has 0 unspecified atom stereocenters. The topological polar surface area (TPSA) is 82.3 Å². The Labute approximate surface area is 123 Å². The number of hydrogen-bond donors (Lipinski definition) is 3. The van der Waals surface area contributed by atoms with Gasteiger partial charge in [-0.2, -0.15) is 15.4 Å². The summed E-state index contributed by atoms with van der Waals surface area (Å²) >= 11 is 0. The van der Waals surface area contributed by atoms with Gasteiger partial charge in [0, 0.05) is 30.9 Å². The Morgan fingerprint density at radius 1 is 1.10 bits per heavy atom. The van der Waals surface area contributed by atoms with Crippen molar-refractivity contribution in [2.45, 2.75) is 19.4 Å². The molecule has 0 aliphatic carbocycles. The van der Waals surface area contributed by atoms with E-state index in [2.05, 4.69) is 30.7 Å². The van der Waals surface area contributed by atoms with E-state index in [-0.39, 0.29) is 0 Å². The summed E-state index contributed by atoms with van der Waals surface area (Å²) in [5, 5.41) is 14.6. The normalized spacial score (nSPS) is 10.9. The van der Waals surface area contributed by atoms with Crippen molar-refractivity contribution in [2.75, 3.05) is 6.54 Å². The lowest BCUT2D eigenvalue weighted by molar-refractivity contribution is 0.632. The van der Waals surface area contributed by atoms with Gasteiger partial charge in [-0.3, -0.25) is 0 Å². The van der Waals surface area contributed by atoms with Gasteiger partial charge in [-0.1, -0.05) is 30.3 Å². The summed E-state index contributed by atoms with van der Waals surface area (Å²) in [6.07, 6.45) is 5.62. The average Bonchev–Trinajstić information content (AvgIpc) is 3.19. The van der Waals surface area contributed by atoms with E-state index in [1.807, 2.05) is 36.5 Å². The van der Waals surface area contributed by atoms with Crippen molar-refractivity contribution in [3.63, 3.8) is 0 Å². The van der Waals surface area contributed by atoms with Crippen LogP contribution in [0.5, 0.6) is 0 Å². The minimum atomic E-state index is 0.707. The van der Waals surface area contributed by atoms with Crippen LogP contribution in [0.4, 0.5) is 0 Å². The highest BCUT2D eigenvalue weighted by atomic mass is 15.3. The van der Waals surface area contributed by atoms with E-state index in [9.17, 15) is 0 Å². The van der Waals surface area contributed by atoms with Gasteiger partial charge in [0.25, 0.3) is 0 Å². The van der Waals surface area contributed by atoms with E-state index < -0.39 is 0 Å². The van der Waals surface area contributed by atoms with E-state index >= 15 is 0 Å². The maximum Gasteiger partial charge on any atom is 0.117 e. The van der Waals surface area contributed by atoms with E-state index in [0.29, 0.717) is 6.54 Å². The van der Waals surface area contributed by atoms with E-state index in [1.165, 1.54) is 0 Å². The fraction of sp³-hybridized carbons (Fsp3) is 0.267. The van der Waals surface area contributed by atoms with Gasteiger partial charge in [-0.05, 0) is 13.0 Å². The molecule has 0 amide bonds. The highest BCUT2D eigenvalue weighted by Crippen LogP contribution is 2.18. The third-order valence-electron chi connectivity index (χ3n) is 3.28. The van der Waals surface area contributed by atoms with E-state index in [0.717, 1.165) is 42.2 Å². The second-order valence-electron chi connectivity index (χ2n) is 4.80. The van der Waals surface area contributed by atoms with Crippen molar-refractivity contribution >= 4 is 0 Å². The highest BCUT2D eigenvalue weighted by molar-refractivity contribution is 5.60. The number of rotatable bonds is 7. The summed E-state index contributed by atoms with van der Waals surface area (Å²) in [6.45, 7) is 1.63. The number of H-pyrrole nitrogens is 2. The summed E-state index contributed by atoms with van der Waals surface area (Å²) in [7, 11) is 0. The minimum absolute atomic E-state index is 0.707. The molecule has 0 aliphatic rings. The molecule has 3 N–H and O–H groups in total. The van der Waals surface area contributed by atoms with Gasteiger partial charge in [0.05, 0.1) is 0 Å². The number of aromatic nitrogens is 5. The third-order valence-corrected chi connectivity index (χ3v) is 3.28. The van der Waals surface area contributed by atoms with Crippen LogP contribution in [0.3, 0.4) is 0 Å². The van der Waals surface area contributed by atoms with Crippen LogP contribution in [0.15, 0.2) is 42.7 Å². The average molecular weight is 282 g/mol. The Bertz CT molecular complexity index is 644. The number of hydrogen-bond acceptors (Lipinski definition) is 4. The van der Waals surface area contributed by atoms with E-state index in [1.54, 1.807) is 6.20 Å². The molecule has 6 heteroatoms. The predicted molar refractivity (Wildman–Crippen MR) is 80.4 cm³/mol. The van der Waals surface area contributed by atoms with Crippen LogP contribution in [0.1, 0.15) is 17.9 Å². The summed E-state index contributed by atoms with van der Waals surface area (Å²) in [5.74, 6) is 1.03. The lowest BCUT2D eigenvalue weighted by Crippen LogP contribution is -2.16. The molecule has 2 aromatic heterocycles. The molecule has 0 spiro atoms. The Balaban J connectivity index is 1.49.